The van der Waals surface area contributed by atoms with Gasteiger partial charge in [0.1, 0.15) is 24.4 Å². The average molecular weight is 240 g/mol. The van der Waals surface area contributed by atoms with Gasteiger partial charge in [0.15, 0.2) is 6.29 Å². The predicted molar refractivity (Wildman–Crippen MR) is 53.5 cm³/mol. The van der Waals surface area contributed by atoms with Gasteiger partial charge in [-0.25, -0.2) is 0 Å². The van der Waals surface area contributed by atoms with Crippen LogP contribution >= 0.6 is 0 Å². The molecule has 0 aliphatic heterocycles. The van der Waals surface area contributed by atoms with Gasteiger partial charge in [-0.15, -0.1) is 0 Å². The van der Waals surface area contributed by atoms with E-state index in [2.05, 4.69) is 0 Å². The first-order valence-electron chi connectivity index (χ1n) is 4.97. The molecule has 0 aliphatic rings. The second kappa shape index (κ2) is 7.91. The summed E-state index contributed by atoms with van der Waals surface area (Å²) in [7, 11) is 1.27. The van der Waals surface area contributed by atoms with Crippen LogP contribution in [0.15, 0.2) is 0 Å². The highest BCUT2D eigenvalue weighted by Gasteiger charge is 2.35. The number of ether oxygens (including phenoxy) is 2. The van der Waals surface area contributed by atoms with Gasteiger partial charge >= 0.3 is 0 Å². The van der Waals surface area contributed by atoms with Crippen molar-refractivity contribution in [3.8, 4) is 0 Å². The quantitative estimate of drug-likeness (QED) is 0.296. The Hall–Kier alpha value is -0.280. The molecule has 0 aromatic heterocycles. The molecule has 0 rings (SSSR count). The van der Waals surface area contributed by atoms with Gasteiger partial charge in [0.2, 0.25) is 0 Å². The Kier molecular flexibility index (Phi) is 7.77. The first-order chi connectivity index (χ1) is 7.49. The Bertz CT molecular complexity index is 171. The maximum absolute atomic E-state index is 9.57. The van der Waals surface area contributed by atoms with Gasteiger partial charge in [0, 0.05) is 13.7 Å². The fraction of sp³-hybridized carbons (Fsp3) is 1.00. The van der Waals surface area contributed by atoms with E-state index in [1.807, 2.05) is 0 Å². The second-order valence-electron chi connectivity index (χ2n) is 3.28. The maximum Gasteiger partial charge on any atom is 0.185 e. The highest BCUT2D eigenvalue weighted by molar-refractivity contribution is 4.82. The van der Waals surface area contributed by atoms with Crippen molar-refractivity contribution in [1.29, 1.82) is 0 Å². The van der Waals surface area contributed by atoms with E-state index in [9.17, 15) is 15.3 Å². The third kappa shape index (κ3) is 4.30. The van der Waals surface area contributed by atoms with Crippen LogP contribution in [0, 0.1) is 0 Å². The lowest BCUT2D eigenvalue weighted by atomic mass is 10.0. The Morgan fingerprint density at radius 3 is 1.94 bits per heavy atom. The summed E-state index contributed by atoms with van der Waals surface area (Å²) in [5.41, 5.74) is 0. The van der Waals surface area contributed by atoms with E-state index in [1.54, 1.807) is 6.92 Å². The van der Waals surface area contributed by atoms with Crippen LogP contribution in [-0.4, -0.2) is 76.6 Å². The summed E-state index contributed by atoms with van der Waals surface area (Å²) in [6, 6.07) is 0. The number of aliphatic hydroxyl groups excluding tert-OH is 5. The molecule has 7 heteroatoms. The molecular weight excluding hydrogens is 220 g/mol. The summed E-state index contributed by atoms with van der Waals surface area (Å²) < 4.78 is 9.70. The molecule has 0 aromatic carbocycles. The lowest BCUT2D eigenvalue weighted by Gasteiger charge is -2.29. The van der Waals surface area contributed by atoms with Crippen molar-refractivity contribution in [2.45, 2.75) is 37.6 Å². The van der Waals surface area contributed by atoms with Crippen LogP contribution < -0.4 is 0 Å². The monoisotopic (exact) mass is 240 g/mol. The summed E-state index contributed by atoms with van der Waals surface area (Å²) in [5.74, 6) is 0. The minimum Gasteiger partial charge on any atom is -0.394 e. The second-order valence-corrected chi connectivity index (χ2v) is 3.28. The molecule has 0 fully saturated rings. The summed E-state index contributed by atoms with van der Waals surface area (Å²) in [6.45, 7) is 1.20. The van der Waals surface area contributed by atoms with Crippen LogP contribution in [-0.2, 0) is 9.47 Å². The Morgan fingerprint density at radius 1 is 1.00 bits per heavy atom. The van der Waals surface area contributed by atoms with Crippen molar-refractivity contribution in [3.63, 3.8) is 0 Å². The highest BCUT2D eigenvalue weighted by atomic mass is 16.7. The zero-order valence-corrected chi connectivity index (χ0v) is 9.35. The molecule has 0 saturated carbocycles. The molecule has 0 aliphatic carbocycles. The van der Waals surface area contributed by atoms with Gasteiger partial charge in [-0.1, -0.05) is 0 Å². The van der Waals surface area contributed by atoms with Crippen LogP contribution in [0.4, 0.5) is 0 Å². The van der Waals surface area contributed by atoms with Crippen molar-refractivity contribution in [2.75, 3.05) is 20.3 Å². The third-order valence-corrected chi connectivity index (χ3v) is 2.12. The summed E-state index contributed by atoms with van der Waals surface area (Å²) >= 11 is 0. The lowest BCUT2D eigenvalue weighted by molar-refractivity contribution is -0.221. The molecular formula is C9H20O7. The van der Waals surface area contributed by atoms with Gasteiger partial charge in [-0.05, 0) is 6.92 Å². The standard InChI is InChI=1S/C9H20O7/c1-3-16-9(15-2)8(14)7(13)6(12)5(11)4-10/h5-14H,3-4H2,1-2H3/t5-,6-,7+,8-,9?/m1/s1. The summed E-state index contributed by atoms with van der Waals surface area (Å²) in [5, 5.41) is 46.0. The number of hydrogen-bond donors (Lipinski definition) is 5. The maximum atomic E-state index is 9.57. The summed E-state index contributed by atoms with van der Waals surface area (Å²) in [6.07, 6.45) is -7.54. The Labute approximate surface area is 93.9 Å². The van der Waals surface area contributed by atoms with E-state index < -0.39 is 37.3 Å². The van der Waals surface area contributed by atoms with Crippen LogP contribution in [0.25, 0.3) is 0 Å². The van der Waals surface area contributed by atoms with Crippen LogP contribution in [0.2, 0.25) is 0 Å². The zero-order valence-electron chi connectivity index (χ0n) is 9.35. The molecule has 0 amide bonds. The molecule has 0 heterocycles. The minimum atomic E-state index is -1.68. The fourth-order valence-corrected chi connectivity index (χ4v) is 1.17. The minimum absolute atomic E-state index is 0.251. The van der Waals surface area contributed by atoms with Crippen LogP contribution in [0.1, 0.15) is 6.92 Å². The van der Waals surface area contributed by atoms with E-state index in [4.69, 9.17) is 19.7 Å². The molecule has 16 heavy (non-hydrogen) atoms. The summed E-state index contributed by atoms with van der Waals surface area (Å²) in [4.78, 5) is 0. The molecule has 0 radical (unpaired) electrons. The number of methoxy groups -OCH3 is 1. The van der Waals surface area contributed by atoms with Crippen molar-refractivity contribution >= 4 is 0 Å². The first kappa shape index (κ1) is 15.7. The van der Waals surface area contributed by atoms with Gasteiger partial charge in [-0.3, -0.25) is 0 Å². The topological polar surface area (TPSA) is 120 Å². The zero-order chi connectivity index (χ0) is 12.7. The van der Waals surface area contributed by atoms with Crippen molar-refractivity contribution < 1.29 is 35.0 Å². The van der Waals surface area contributed by atoms with E-state index in [0.717, 1.165) is 0 Å². The molecule has 0 bridgehead atoms. The Balaban J connectivity index is 4.38. The molecule has 5 atom stereocenters. The first-order valence-corrected chi connectivity index (χ1v) is 4.97. The van der Waals surface area contributed by atoms with Gasteiger partial charge in [-0.2, -0.15) is 0 Å². The number of aliphatic hydroxyl groups is 5. The van der Waals surface area contributed by atoms with Crippen molar-refractivity contribution in [3.05, 3.63) is 0 Å². The SMILES string of the molecule is CCOC(OC)[C@H](O)[C@@H](O)[C@H](O)[C@H](O)CO. The van der Waals surface area contributed by atoms with Gasteiger partial charge in [0.05, 0.1) is 6.61 Å². The predicted octanol–water partition coefficient (Wildman–Crippen LogP) is -2.57. The molecule has 5 N–H and O–H groups in total. The molecule has 0 saturated heterocycles. The molecule has 1 unspecified atom stereocenters. The van der Waals surface area contributed by atoms with Crippen molar-refractivity contribution in [1.82, 2.24) is 0 Å². The van der Waals surface area contributed by atoms with E-state index in [1.165, 1.54) is 7.11 Å². The fourth-order valence-electron chi connectivity index (χ4n) is 1.17. The van der Waals surface area contributed by atoms with E-state index in [0.29, 0.717) is 0 Å². The number of rotatable bonds is 8. The van der Waals surface area contributed by atoms with E-state index in [-0.39, 0.29) is 6.61 Å². The van der Waals surface area contributed by atoms with E-state index >= 15 is 0 Å². The number of hydrogen-bond acceptors (Lipinski definition) is 7. The van der Waals surface area contributed by atoms with Gasteiger partial charge in [0.25, 0.3) is 0 Å². The highest BCUT2D eigenvalue weighted by Crippen LogP contribution is 2.11. The van der Waals surface area contributed by atoms with Crippen molar-refractivity contribution in [2.24, 2.45) is 0 Å². The smallest absolute Gasteiger partial charge is 0.185 e. The van der Waals surface area contributed by atoms with Gasteiger partial charge < -0.3 is 35.0 Å². The Morgan fingerprint density at radius 2 is 1.56 bits per heavy atom. The molecule has 7 nitrogen and oxygen atoms in total. The molecule has 0 aromatic rings. The lowest BCUT2D eigenvalue weighted by Crippen LogP contribution is -2.51. The van der Waals surface area contributed by atoms with Crippen LogP contribution in [0.3, 0.4) is 0 Å². The average Bonchev–Trinajstić information content (AvgIpc) is 2.32. The third-order valence-electron chi connectivity index (χ3n) is 2.12. The van der Waals surface area contributed by atoms with Crippen LogP contribution in [0.5, 0.6) is 0 Å². The molecule has 98 valence electrons. The molecule has 0 spiro atoms. The largest absolute Gasteiger partial charge is 0.394 e. The normalized spacial score (nSPS) is 21.2.